The topological polar surface area (TPSA) is 51.1 Å². The minimum absolute atomic E-state index is 0.0287. The molecule has 2 aromatic carbocycles. The molecule has 0 saturated heterocycles. The number of hydrazone groups is 1. The number of methoxy groups -OCH3 is 1. The molecule has 0 N–H and O–H groups in total. The van der Waals surface area contributed by atoms with Crippen molar-refractivity contribution in [2.24, 2.45) is 5.10 Å². The third kappa shape index (κ3) is 3.25. The predicted octanol–water partition coefficient (Wildman–Crippen LogP) is 3.57. The van der Waals surface area contributed by atoms with Gasteiger partial charge in [-0.3, -0.25) is 5.01 Å². The van der Waals surface area contributed by atoms with E-state index in [1.54, 1.807) is 14.0 Å². The monoisotopic (exact) mass is 324 g/mol. The summed E-state index contributed by atoms with van der Waals surface area (Å²) in [4.78, 5) is 12.1. The van der Waals surface area contributed by atoms with Crippen molar-refractivity contribution in [1.29, 1.82) is 0 Å². The molecular weight excluding hydrogens is 304 g/mol. The Morgan fingerprint density at radius 3 is 2.50 bits per heavy atom. The highest BCUT2D eigenvalue weighted by molar-refractivity contribution is 6.37. The van der Waals surface area contributed by atoms with Crippen molar-refractivity contribution in [3.8, 4) is 5.75 Å². The highest BCUT2D eigenvalue weighted by atomic mass is 16.5. The van der Waals surface area contributed by atoms with Crippen LogP contribution >= 0.6 is 0 Å². The molecule has 5 nitrogen and oxygen atoms in total. The van der Waals surface area contributed by atoms with Crippen LogP contribution in [0.2, 0.25) is 0 Å². The average Bonchev–Trinajstić information content (AvgIpc) is 3.08. The number of esters is 1. The maximum absolute atomic E-state index is 12.1. The summed E-state index contributed by atoms with van der Waals surface area (Å²) in [6.45, 7) is 2.14. The molecule has 0 saturated carbocycles. The molecule has 2 aromatic rings. The molecule has 1 atom stereocenters. The van der Waals surface area contributed by atoms with Crippen LogP contribution in [0.1, 0.15) is 24.9 Å². The molecule has 24 heavy (non-hydrogen) atoms. The van der Waals surface area contributed by atoms with Gasteiger partial charge in [0.15, 0.2) is 0 Å². The molecule has 1 unspecified atom stereocenters. The van der Waals surface area contributed by atoms with Crippen molar-refractivity contribution in [3.05, 3.63) is 60.2 Å². The first kappa shape index (κ1) is 16.1. The summed E-state index contributed by atoms with van der Waals surface area (Å²) in [6.07, 6.45) is 0.523. The highest BCUT2D eigenvalue weighted by Gasteiger charge is 2.33. The number of ether oxygens (including phenoxy) is 2. The second-order valence-corrected chi connectivity index (χ2v) is 5.44. The third-order valence-electron chi connectivity index (χ3n) is 3.94. The second kappa shape index (κ2) is 7.17. The van der Waals surface area contributed by atoms with Crippen molar-refractivity contribution in [2.75, 3.05) is 18.7 Å². The van der Waals surface area contributed by atoms with Crippen LogP contribution in [0.4, 0.5) is 5.69 Å². The summed E-state index contributed by atoms with van der Waals surface area (Å²) in [5, 5.41) is 6.40. The van der Waals surface area contributed by atoms with E-state index in [0.29, 0.717) is 18.7 Å². The van der Waals surface area contributed by atoms with Gasteiger partial charge in [-0.15, -0.1) is 0 Å². The van der Waals surface area contributed by atoms with Gasteiger partial charge in [-0.1, -0.05) is 30.3 Å². The lowest BCUT2D eigenvalue weighted by Crippen LogP contribution is -2.18. The van der Waals surface area contributed by atoms with E-state index >= 15 is 0 Å². The number of benzene rings is 2. The summed E-state index contributed by atoms with van der Waals surface area (Å²) in [5.41, 5.74) is 2.46. The Morgan fingerprint density at radius 2 is 1.88 bits per heavy atom. The van der Waals surface area contributed by atoms with Crippen molar-refractivity contribution < 1.29 is 14.3 Å². The van der Waals surface area contributed by atoms with Crippen LogP contribution in [0.5, 0.6) is 5.75 Å². The van der Waals surface area contributed by atoms with Gasteiger partial charge in [0.05, 0.1) is 25.4 Å². The Bertz CT molecular complexity index is 726. The van der Waals surface area contributed by atoms with Crippen LogP contribution in [0.3, 0.4) is 0 Å². The van der Waals surface area contributed by atoms with Crippen LogP contribution in [-0.4, -0.2) is 25.4 Å². The summed E-state index contributed by atoms with van der Waals surface area (Å²) in [6, 6.07) is 17.7. The van der Waals surface area contributed by atoms with Crippen molar-refractivity contribution >= 4 is 17.4 Å². The Balaban J connectivity index is 1.94. The van der Waals surface area contributed by atoms with Crippen LogP contribution in [0.15, 0.2) is 59.7 Å². The number of nitrogens with zero attached hydrogens (tertiary/aromatic N) is 2. The molecule has 0 spiro atoms. The van der Waals surface area contributed by atoms with Gasteiger partial charge in [-0.05, 0) is 36.8 Å². The standard InChI is InChI=1S/C19H20N2O3/c1-3-24-19(22)17-13-18(14-7-5-4-6-8-14)21(20-17)15-9-11-16(23-2)12-10-15/h4-12,18H,3,13H2,1-2H3. The lowest BCUT2D eigenvalue weighted by Gasteiger charge is -2.24. The SMILES string of the molecule is CCOC(=O)C1=NN(c2ccc(OC)cc2)C(c2ccccc2)C1. The molecule has 1 aliphatic rings. The maximum atomic E-state index is 12.1. The Kier molecular flexibility index (Phi) is 4.79. The first-order valence-corrected chi connectivity index (χ1v) is 7.95. The zero-order chi connectivity index (χ0) is 16.9. The van der Waals surface area contributed by atoms with E-state index in [4.69, 9.17) is 9.47 Å². The average molecular weight is 324 g/mol. The van der Waals surface area contributed by atoms with E-state index in [1.807, 2.05) is 59.6 Å². The molecule has 0 bridgehead atoms. The zero-order valence-corrected chi connectivity index (χ0v) is 13.8. The second-order valence-electron chi connectivity index (χ2n) is 5.44. The molecule has 0 aromatic heterocycles. The maximum Gasteiger partial charge on any atom is 0.354 e. The molecule has 0 amide bonds. The van der Waals surface area contributed by atoms with E-state index in [1.165, 1.54) is 0 Å². The lowest BCUT2D eigenvalue weighted by molar-refractivity contribution is -0.135. The molecule has 1 heterocycles. The largest absolute Gasteiger partial charge is 0.497 e. The van der Waals surface area contributed by atoms with Gasteiger partial charge < -0.3 is 9.47 Å². The quantitative estimate of drug-likeness (QED) is 0.789. The summed E-state index contributed by atoms with van der Waals surface area (Å²) in [7, 11) is 1.63. The van der Waals surface area contributed by atoms with E-state index in [0.717, 1.165) is 17.0 Å². The molecule has 5 heteroatoms. The van der Waals surface area contributed by atoms with Crippen molar-refractivity contribution in [1.82, 2.24) is 0 Å². The minimum atomic E-state index is -0.352. The smallest absolute Gasteiger partial charge is 0.354 e. The van der Waals surface area contributed by atoms with Gasteiger partial charge in [0.2, 0.25) is 0 Å². The van der Waals surface area contributed by atoms with E-state index in [-0.39, 0.29) is 12.0 Å². The van der Waals surface area contributed by atoms with E-state index in [9.17, 15) is 4.79 Å². The van der Waals surface area contributed by atoms with Gasteiger partial charge in [0.1, 0.15) is 11.5 Å². The van der Waals surface area contributed by atoms with E-state index < -0.39 is 0 Å². The van der Waals surface area contributed by atoms with Gasteiger partial charge in [0.25, 0.3) is 0 Å². The number of carbonyl (C=O) groups excluding carboxylic acids is 1. The van der Waals surface area contributed by atoms with Crippen LogP contribution in [-0.2, 0) is 9.53 Å². The van der Waals surface area contributed by atoms with Gasteiger partial charge >= 0.3 is 5.97 Å². The molecular formula is C19H20N2O3. The highest BCUT2D eigenvalue weighted by Crippen LogP contribution is 2.35. The van der Waals surface area contributed by atoms with Crippen molar-refractivity contribution in [2.45, 2.75) is 19.4 Å². The summed E-state index contributed by atoms with van der Waals surface area (Å²) >= 11 is 0. The fourth-order valence-electron chi connectivity index (χ4n) is 2.76. The predicted molar refractivity (Wildman–Crippen MR) is 93.3 cm³/mol. The Labute approximate surface area is 141 Å². The van der Waals surface area contributed by atoms with Crippen LogP contribution in [0, 0.1) is 0 Å². The minimum Gasteiger partial charge on any atom is -0.497 e. The zero-order valence-electron chi connectivity index (χ0n) is 13.8. The molecule has 0 radical (unpaired) electrons. The van der Waals surface area contributed by atoms with Gasteiger partial charge in [0, 0.05) is 6.42 Å². The fourth-order valence-corrected chi connectivity index (χ4v) is 2.76. The van der Waals surface area contributed by atoms with Crippen LogP contribution < -0.4 is 9.75 Å². The first-order valence-electron chi connectivity index (χ1n) is 7.95. The third-order valence-corrected chi connectivity index (χ3v) is 3.94. The molecule has 0 aliphatic carbocycles. The number of carbonyl (C=O) groups is 1. The molecule has 124 valence electrons. The summed E-state index contributed by atoms with van der Waals surface area (Å²) < 4.78 is 10.3. The molecule has 0 fully saturated rings. The lowest BCUT2D eigenvalue weighted by atomic mass is 10.0. The molecule has 1 aliphatic heterocycles. The normalized spacial score (nSPS) is 16.7. The Hall–Kier alpha value is -2.82. The van der Waals surface area contributed by atoms with Gasteiger partial charge in [-0.25, -0.2) is 4.79 Å². The number of rotatable bonds is 5. The van der Waals surface area contributed by atoms with Crippen LogP contribution in [0.25, 0.3) is 0 Å². The number of anilines is 1. The summed E-state index contributed by atoms with van der Waals surface area (Å²) in [5.74, 6) is 0.429. The van der Waals surface area contributed by atoms with Crippen molar-refractivity contribution in [3.63, 3.8) is 0 Å². The molecule has 3 rings (SSSR count). The number of hydrogen-bond donors (Lipinski definition) is 0. The van der Waals surface area contributed by atoms with Gasteiger partial charge in [-0.2, -0.15) is 5.10 Å². The fraction of sp³-hybridized carbons (Fsp3) is 0.263. The Morgan fingerprint density at radius 1 is 1.17 bits per heavy atom. The first-order chi connectivity index (χ1) is 11.7. The van der Waals surface area contributed by atoms with E-state index in [2.05, 4.69) is 5.10 Å². The number of hydrogen-bond acceptors (Lipinski definition) is 5.